The summed E-state index contributed by atoms with van der Waals surface area (Å²) in [4.78, 5) is 4.86. The van der Waals surface area contributed by atoms with Crippen LogP contribution in [0.5, 0.6) is 0 Å². The SMILES string of the molecule is Cc1ccc(C(N)CCN(C)CC2(N(C)C)CCC2)cc1. The molecule has 1 unspecified atom stereocenters. The molecular formula is C18H31N3. The third-order valence-corrected chi connectivity index (χ3v) is 5.12. The Hall–Kier alpha value is -0.900. The summed E-state index contributed by atoms with van der Waals surface area (Å²) in [6.45, 7) is 4.33. The second-order valence-corrected chi connectivity index (χ2v) is 7.02. The summed E-state index contributed by atoms with van der Waals surface area (Å²) in [6, 6.07) is 8.76. The van der Waals surface area contributed by atoms with E-state index >= 15 is 0 Å². The van der Waals surface area contributed by atoms with Crippen LogP contribution in [-0.2, 0) is 0 Å². The molecule has 0 aromatic heterocycles. The van der Waals surface area contributed by atoms with E-state index in [2.05, 4.69) is 62.1 Å². The zero-order valence-corrected chi connectivity index (χ0v) is 14.1. The van der Waals surface area contributed by atoms with E-state index in [4.69, 9.17) is 5.73 Å². The van der Waals surface area contributed by atoms with E-state index in [0.29, 0.717) is 5.54 Å². The van der Waals surface area contributed by atoms with E-state index in [0.717, 1.165) is 19.5 Å². The topological polar surface area (TPSA) is 32.5 Å². The number of benzene rings is 1. The Morgan fingerprint density at radius 3 is 2.24 bits per heavy atom. The minimum atomic E-state index is 0.143. The van der Waals surface area contributed by atoms with Crippen molar-refractivity contribution < 1.29 is 0 Å². The van der Waals surface area contributed by atoms with Gasteiger partial charge in [0.2, 0.25) is 0 Å². The van der Waals surface area contributed by atoms with Crippen molar-refractivity contribution in [1.82, 2.24) is 9.80 Å². The maximum Gasteiger partial charge on any atom is 0.0330 e. The van der Waals surface area contributed by atoms with Gasteiger partial charge in [0.15, 0.2) is 0 Å². The first kappa shape index (κ1) is 16.5. The van der Waals surface area contributed by atoms with Crippen LogP contribution in [0.15, 0.2) is 24.3 Å². The number of hydrogen-bond donors (Lipinski definition) is 1. The molecule has 2 N–H and O–H groups in total. The zero-order chi connectivity index (χ0) is 15.5. The second kappa shape index (κ2) is 6.91. The van der Waals surface area contributed by atoms with Gasteiger partial charge in [-0.15, -0.1) is 0 Å². The minimum absolute atomic E-state index is 0.143. The smallest absolute Gasteiger partial charge is 0.0330 e. The van der Waals surface area contributed by atoms with E-state index in [9.17, 15) is 0 Å². The molecule has 1 fully saturated rings. The molecule has 1 aliphatic rings. The minimum Gasteiger partial charge on any atom is -0.324 e. The first-order chi connectivity index (χ1) is 9.93. The van der Waals surface area contributed by atoms with Gasteiger partial charge in [0.25, 0.3) is 0 Å². The van der Waals surface area contributed by atoms with Crippen LogP contribution in [0.2, 0.25) is 0 Å². The fraction of sp³-hybridized carbons (Fsp3) is 0.667. The molecule has 0 amide bonds. The molecule has 118 valence electrons. The summed E-state index contributed by atoms with van der Waals surface area (Å²) < 4.78 is 0. The van der Waals surface area contributed by atoms with Crippen LogP contribution in [0.1, 0.15) is 42.9 Å². The van der Waals surface area contributed by atoms with E-state index in [-0.39, 0.29) is 6.04 Å². The fourth-order valence-electron chi connectivity index (χ4n) is 3.25. The van der Waals surface area contributed by atoms with Gasteiger partial charge in [0.1, 0.15) is 0 Å². The van der Waals surface area contributed by atoms with Crippen LogP contribution >= 0.6 is 0 Å². The van der Waals surface area contributed by atoms with Crippen molar-refractivity contribution in [2.24, 2.45) is 5.73 Å². The van der Waals surface area contributed by atoms with Gasteiger partial charge in [-0.05, 0) is 65.9 Å². The summed E-state index contributed by atoms with van der Waals surface area (Å²) in [6.07, 6.45) is 5.04. The van der Waals surface area contributed by atoms with Crippen molar-refractivity contribution in [3.8, 4) is 0 Å². The standard InChI is InChI=1S/C18H31N3/c1-15-6-8-16(9-7-15)17(19)10-13-21(4)14-18(20(2)3)11-5-12-18/h6-9,17H,5,10-14,19H2,1-4H3. The van der Waals surface area contributed by atoms with Crippen LogP contribution in [0.25, 0.3) is 0 Å². The van der Waals surface area contributed by atoms with Crippen molar-refractivity contribution in [1.29, 1.82) is 0 Å². The van der Waals surface area contributed by atoms with E-state index in [1.54, 1.807) is 0 Å². The first-order valence-corrected chi connectivity index (χ1v) is 8.11. The zero-order valence-electron chi connectivity index (χ0n) is 14.1. The highest BCUT2D eigenvalue weighted by molar-refractivity contribution is 5.23. The monoisotopic (exact) mass is 289 g/mol. The lowest BCUT2D eigenvalue weighted by Gasteiger charge is -2.49. The molecule has 1 aromatic rings. The summed E-state index contributed by atoms with van der Waals surface area (Å²) >= 11 is 0. The fourth-order valence-corrected chi connectivity index (χ4v) is 3.25. The summed E-state index contributed by atoms with van der Waals surface area (Å²) in [7, 11) is 6.65. The predicted molar refractivity (Wildman–Crippen MR) is 90.5 cm³/mol. The lowest BCUT2D eigenvalue weighted by atomic mass is 9.75. The highest BCUT2D eigenvalue weighted by Gasteiger charge is 2.39. The van der Waals surface area contributed by atoms with Crippen molar-refractivity contribution in [3.05, 3.63) is 35.4 Å². The highest BCUT2D eigenvalue weighted by atomic mass is 15.2. The number of aryl methyl sites for hydroxylation is 1. The number of rotatable bonds is 7. The molecule has 1 aromatic carbocycles. The molecule has 0 heterocycles. The maximum absolute atomic E-state index is 6.33. The van der Waals surface area contributed by atoms with E-state index < -0.39 is 0 Å². The summed E-state index contributed by atoms with van der Waals surface area (Å²) in [5, 5.41) is 0. The Balaban J connectivity index is 1.80. The molecule has 21 heavy (non-hydrogen) atoms. The molecule has 3 nitrogen and oxygen atoms in total. The van der Waals surface area contributed by atoms with Gasteiger partial charge in [-0.2, -0.15) is 0 Å². The van der Waals surface area contributed by atoms with Gasteiger partial charge in [-0.1, -0.05) is 29.8 Å². The molecule has 0 spiro atoms. The van der Waals surface area contributed by atoms with Crippen molar-refractivity contribution >= 4 is 0 Å². The second-order valence-electron chi connectivity index (χ2n) is 7.02. The van der Waals surface area contributed by atoms with E-state index in [1.807, 2.05) is 0 Å². The van der Waals surface area contributed by atoms with E-state index in [1.165, 1.54) is 30.4 Å². The van der Waals surface area contributed by atoms with Crippen LogP contribution in [0.4, 0.5) is 0 Å². The van der Waals surface area contributed by atoms with Crippen molar-refractivity contribution in [2.75, 3.05) is 34.2 Å². The Kier molecular flexibility index (Phi) is 5.42. The summed E-state index contributed by atoms with van der Waals surface area (Å²) in [5.74, 6) is 0. The molecule has 1 aliphatic carbocycles. The Bertz CT molecular complexity index is 434. The largest absolute Gasteiger partial charge is 0.324 e. The van der Waals surface area contributed by atoms with Crippen LogP contribution < -0.4 is 5.73 Å². The molecule has 0 aliphatic heterocycles. The number of likely N-dealkylation sites (N-methyl/N-ethyl adjacent to an activating group) is 2. The normalized spacial score (nSPS) is 18.8. The maximum atomic E-state index is 6.33. The molecule has 1 atom stereocenters. The van der Waals surface area contributed by atoms with Gasteiger partial charge in [-0.3, -0.25) is 0 Å². The van der Waals surface area contributed by atoms with Gasteiger partial charge in [0.05, 0.1) is 0 Å². The van der Waals surface area contributed by atoms with Gasteiger partial charge >= 0.3 is 0 Å². The van der Waals surface area contributed by atoms with Crippen LogP contribution in [0, 0.1) is 6.92 Å². The number of nitrogens with zero attached hydrogens (tertiary/aromatic N) is 2. The molecule has 1 saturated carbocycles. The molecule has 0 saturated heterocycles. The lowest BCUT2D eigenvalue weighted by Crippen LogP contribution is -2.56. The highest BCUT2D eigenvalue weighted by Crippen LogP contribution is 2.36. The first-order valence-electron chi connectivity index (χ1n) is 8.11. The quantitative estimate of drug-likeness (QED) is 0.838. The Morgan fingerprint density at radius 1 is 1.14 bits per heavy atom. The average molecular weight is 289 g/mol. The predicted octanol–water partition coefficient (Wildman–Crippen LogP) is 2.80. The van der Waals surface area contributed by atoms with Crippen LogP contribution in [0.3, 0.4) is 0 Å². The lowest BCUT2D eigenvalue weighted by molar-refractivity contribution is 0.0272. The van der Waals surface area contributed by atoms with Gasteiger partial charge in [0, 0.05) is 18.1 Å². The number of nitrogens with two attached hydrogens (primary N) is 1. The third kappa shape index (κ3) is 4.06. The number of hydrogen-bond acceptors (Lipinski definition) is 3. The van der Waals surface area contributed by atoms with Gasteiger partial charge in [-0.25, -0.2) is 0 Å². The van der Waals surface area contributed by atoms with Crippen molar-refractivity contribution in [2.45, 2.75) is 44.2 Å². The average Bonchev–Trinajstić information content (AvgIpc) is 2.40. The van der Waals surface area contributed by atoms with Crippen molar-refractivity contribution in [3.63, 3.8) is 0 Å². The molecule has 2 rings (SSSR count). The van der Waals surface area contributed by atoms with Crippen LogP contribution in [-0.4, -0.2) is 49.6 Å². The molecular weight excluding hydrogens is 258 g/mol. The van der Waals surface area contributed by atoms with Gasteiger partial charge < -0.3 is 15.5 Å². The summed E-state index contributed by atoms with van der Waals surface area (Å²) in [5.41, 5.74) is 9.27. The molecule has 3 heteroatoms. The third-order valence-electron chi connectivity index (χ3n) is 5.12. The Labute approximate surface area is 130 Å². The molecule has 0 radical (unpaired) electrons. The Morgan fingerprint density at radius 2 is 1.76 bits per heavy atom. The molecule has 0 bridgehead atoms.